The van der Waals surface area contributed by atoms with Crippen LogP contribution in [0.1, 0.15) is 16.1 Å². The molecule has 1 aliphatic rings. The van der Waals surface area contributed by atoms with Crippen molar-refractivity contribution in [3.05, 3.63) is 133 Å². The van der Waals surface area contributed by atoms with Crippen molar-refractivity contribution in [2.45, 2.75) is 17.6 Å². The van der Waals surface area contributed by atoms with E-state index in [1.54, 1.807) is 54.6 Å². The number of anilines is 1. The van der Waals surface area contributed by atoms with Crippen LogP contribution in [0.15, 0.2) is 126 Å². The molecule has 6 aromatic rings. The number of halogens is 3. The van der Waals surface area contributed by atoms with Gasteiger partial charge in [0.2, 0.25) is 5.88 Å². The molecule has 1 N–H and O–H groups in total. The van der Waals surface area contributed by atoms with Crippen molar-refractivity contribution < 1.29 is 35.9 Å². The number of fused-ring (bicyclic) bond motifs is 1. The van der Waals surface area contributed by atoms with Crippen LogP contribution in [0, 0.1) is 0 Å². The predicted molar refractivity (Wildman–Crippen MR) is 199 cm³/mol. The Bertz CT molecular complexity index is 2340. The van der Waals surface area contributed by atoms with Crippen LogP contribution in [0.25, 0.3) is 22.0 Å². The van der Waals surface area contributed by atoms with Crippen molar-refractivity contribution in [1.29, 1.82) is 0 Å². The first-order valence-electron chi connectivity index (χ1n) is 17.1. The number of aromatic nitrogens is 2. The zero-order valence-electron chi connectivity index (χ0n) is 29.2. The van der Waals surface area contributed by atoms with Gasteiger partial charge in [0.15, 0.2) is 6.61 Å². The monoisotopic (exact) mass is 755 g/mol. The average Bonchev–Trinajstić information content (AvgIpc) is 3.50. The van der Waals surface area contributed by atoms with E-state index in [4.69, 9.17) is 9.47 Å². The summed E-state index contributed by atoms with van der Waals surface area (Å²) in [5, 5.41) is 0.865. The lowest BCUT2D eigenvalue weighted by atomic mass is 10.1. The standard InChI is InChI=1S/C40H36F3N5O5S/c1-46-36-24-34(53-38-18-12-32(25-44-38)45-54(50,51)35-16-10-30(11-17-35)29-5-3-2-4-6-29)15-9-31(36)23-37(46)39(49)48-21-19-47(20-22-48)26-28-7-13-33(14-8-28)52-27-40(41,42)43/h2-18,23-25,45H,19-22,26-27H2,1H3. The summed E-state index contributed by atoms with van der Waals surface area (Å²) in [6.07, 6.45) is -3.00. The number of piperazine rings is 1. The van der Waals surface area contributed by atoms with Crippen molar-refractivity contribution in [2.24, 2.45) is 7.05 Å². The molecule has 0 spiro atoms. The zero-order chi connectivity index (χ0) is 37.9. The van der Waals surface area contributed by atoms with E-state index in [2.05, 4.69) is 14.6 Å². The van der Waals surface area contributed by atoms with Gasteiger partial charge in [-0.1, -0.05) is 54.6 Å². The number of nitrogens with one attached hydrogen (secondary N) is 1. The van der Waals surface area contributed by atoms with Crippen molar-refractivity contribution in [3.63, 3.8) is 0 Å². The van der Waals surface area contributed by atoms with Crippen LogP contribution in [0.4, 0.5) is 18.9 Å². The molecule has 1 amide bonds. The van der Waals surface area contributed by atoms with E-state index in [0.717, 1.165) is 27.6 Å². The third kappa shape index (κ3) is 8.67. The molecule has 3 heterocycles. The van der Waals surface area contributed by atoms with E-state index in [-0.39, 0.29) is 28.1 Å². The number of nitrogens with zero attached hydrogens (tertiary/aromatic N) is 4. The van der Waals surface area contributed by atoms with Crippen LogP contribution < -0.4 is 14.2 Å². The van der Waals surface area contributed by atoms with Crippen molar-refractivity contribution >= 4 is 32.5 Å². The molecule has 0 atom stereocenters. The van der Waals surface area contributed by atoms with E-state index in [1.807, 2.05) is 65.0 Å². The van der Waals surface area contributed by atoms with Gasteiger partial charge < -0.3 is 18.9 Å². The molecule has 10 nitrogen and oxygen atoms in total. The second kappa shape index (κ2) is 15.2. The summed E-state index contributed by atoms with van der Waals surface area (Å²) in [4.78, 5) is 22.0. The molecule has 14 heteroatoms. The van der Waals surface area contributed by atoms with E-state index in [0.29, 0.717) is 44.2 Å². The van der Waals surface area contributed by atoms with Gasteiger partial charge in [0, 0.05) is 57.3 Å². The molecule has 2 aromatic heterocycles. The molecule has 0 saturated carbocycles. The molecule has 4 aromatic carbocycles. The summed E-state index contributed by atoms with van der Waals surface area (Å²) in [5.41, 5.74) is 4.45. The van der Waals surface area contributed by atoms with Gasteiger partial charge in [-0.15, -0.1) is 0 Å². The normalized spacial score (nSPS) is 13.9. The number of aryl methyl sites for hydroxylation is 1. The molecule has 0 aliphatic carbocycles. The Kier molecular flexibility index (Phi) is 10.3. The molecule has 0 bridgehead atoms. The van der Waals surface area contributed by atoms with E-state index in [9.17, 15) is 26.4 Å². The minimum atomic E-state index is -4.39. The maximum absolute atomic E-state index is 13.6. The first-order valence-corrected chi connectivity index (χ1v) is 18.6. The molecule has 7 rings (SSSR count). The molecule has 1 fully saturated rings. The number of alkyl halides is 3. The average molecular weight is 756 g/mol. The summed E-state index contributed by atoms with van der Waals surface area (Å²) in [6, 6.07) is 33.4. The summed E-state index contributed by atoms with van der Waals surface area (Å²) in [7, 11) is -2.02. The fourth-order valence-corrected chi connectivity index (χ4v) is 7.30. The highest BCUT2D eigenvalue weighted by atomic mass is 32.2. The van der Waals surface area contributed by atoms with Gasteiger partial charge in [0.25, 0.3) is 15.9 Å². The number of rotatable bonds is 11. The Morgan fingerprint density at radius 2 is 1.50 bits per heavy atom. The van der Waals surface area contributed by atoms with E-state index >= 15 is 0 Å². The fourth-order valence-electron chi connectivity index (χ4n) is 6.26. The first kappa shape index (κ1) is 36.5. The number of carbonyl (C=O) groups is 1. The van der Waals surface area contributed by atoms with Gasteiger partial charge in [-0.05, 0) is 65.2 Å². The number of carbonyl (C=O) groups excluding carboxylic acids is 1. The fraction of sp³-hybridized carbons (Fsp3) is 0.200. The Balaban J connectivity index is 0.933. The van der Waals surface area contributed by atoms with Crippen LogP contribution >= 0.6 is 0 Å². The number of hydrogen-bond acceptors (Lipinski definition) is 7. The number of benzene rings is 4. The van der Waals surface area contributed by atoms with Crippen molar-refractivity contribution in [1.82, 2.24) is 19.4 Å². The number of hydrogen-bond donors (Lipinski definition) is 1. The zero-order valence-corrected chi connectivity index (χ0v) is 30.0. The minimum Gasteiger partial charge on any atom is -0.484 e. The van der Waals surface area contributed by atoms with Crippen LogP contribution in [0.2, 0.25) is 0 Å². The lowest BCUT2D eigenvalue weighted by Gasteiger charge is -2.34. The lowest BCUT2D eigenvalue weighted by molar-refractivity contribution is -0.153. The van der Waals surface area contributed by atoms with Gasteiger partial charge in [-0.25, -0.2) is 13.4 Å². The quantitative estimate of drug-likeness (QED) is 0.144. The largest absolute Gasteiger partial charge is 0.484 e. The van der Waals surface area contributed by atoms with E-state index < -0.39 is 22.8 Å². The van der Waals surface area contributed by atoms with Crippen LogP contribution in [0.3, 0.4) is 0 Å². The predicted octanol–water partition coefficient (Wildman–Crippen LogP) is 7.73. The molecular weight excluding hydrogens is 720 g/mol. The highest BCUT2D eigenvalue weighted by molar-refractivity contribution is 7.92. The second-order valence-electron chi connectivity index (χ2n) is 12.9. The Morgan fingerprint density at radius 3 is 2.17 bits per heavy atom. The van der Waals surface area contributed by atoms with Gasteiger partial charge in [0.1, 0.15) is 17.2 Å². The Labute approximate surface area is 310 Å². The molecule has 1 saturated heterocycles. The first-order chi connectivity index (χ1) is 25.9. The molecule has 278 valence electrons. The minimum absolute atomic E-state index is 0.0890. The van der Waals surface area contributed by atoms with Gasteiger partial charge in [-0.2, -0.15) is 13.2 Å². The number of sulfonamides is 1. The molecule has 0 radical (unpaired) electrons. The maximum atomic E-state index is 13.6. The highest BCUT2D eigenvalue weighted by Gasteiger charge is 2.28. The number of amides is 1. The summed E-state index contributed by atoms with van der Waals surface area (Å²) in [6.45, 7) is 1.63. The Morgan fingerprint density at radius 1 is 0.815 bits per heavy atom. The van der Waals surface area contributed by atoms with Gasteiger partial charge in [-0.3, -0.25) is 14.4 Å². The Hall–Kier alpha value is -5.86. The smallest absolute Gasteiger partial charge is 0.422 e. The molecule has 1 aliphatic heterocycles. The van der Waals surface area contributed by atoms with Crippen LogP contribution in [-0.4, -0.2) is 72.6 Å². The number of pyridine rings is 1. The van der Waals surface area contributed by atoms with Crippen molar-refractivity contribution in [3.8, 4) is 28.5 Å². The molecule has 54 heavy (non-hydrogen) atoms. The third-order valence-electron chi connectivity index (χ3n) is 9.11. The van der Waals surface area contributed by atoms with Crippen LogP contribution in [0.5, 0.6) is 17.4 Å². The van der Waals surface area contributed by atoms with E-state index in [1.165, 1.54) is 18.3 Å². The van der Waals surface area contributed by atoms with Gasteiger partial charge in [0.05, 0.1) is 22.3 Å². The summed E-state index contributed by atoms with van der Waals surface area (Å²) in [5.74, 6) is 0.832. The van der Waals surface area contributed by atoms with Gasteiger partial charge >= 0.3 is 6.18 Å². The summed E-state index contributed by atoms with van der Waals surface area (Å²) >= 11 is 0. The molecule has 0 unspecified atom stereocenters. The van der Waals surface area contributed by atoms with Crippen LogP contribution in [-0.2, 0) is 23.6 Å². The third-order valence-corrected chi connectivity index (χ3v) is 10.5. The maximum Gasteiger partial charge on any atom is 0.422 e. The second-order valence-corrected chi connectivity index (χ2v) is 14.6. The summed E-state index contributed by atoms with van der Waals surface area (Å²) < 4.78 is 78.5. The lowest BCUT2D eigenvalue weighted by Crippen LogP contribution is -2.48. The van der Waals surface area contributed by atoms with Crippen molar-refractivity contribution in [2.75, 3.05) is 37.5 Å². The molecular formula is C40H36F3N5O5S. The number of ether oxygens (including phenoxy) is 2. The SMILES string of the molecule is Cn1c(C(=O)N2CCN(Cc3ccc(OCC(F)(F)F)cc3)CC2)cc2ccc(Oc3ccc(NS(=O)(=O)c4ccc(-c5ccccc5)cc4)cn3)cc21. The topological polar surface area (TPSA) is 106 Å². The highest BCUT2D eigenvalue weighted by Crippen LogP contribution is 2.29.